The molecule has 9 heteroatoms. The van der Waals surface area contributed by atoms with Crippen molar-refractivity contribution in [2.75, 3.05) is 11.9 Å². The highest BCUT2D eigenvalue weighted by molar-refractivity contribution is 6.08. The Morgan fingerprint density at radius 2 is 2.04 bits per heavy atom. The van der Waals surface area contributed by atoms with Crippen molar-refractivity contribution >= 4 is 23.2 Å². The molecule has 2 N–H and O–H groups in total. The van der Waals surface area contributed by atoms with Crippen LogP contribution >= 0.6 is 0 Å². The Kier molecular flexibility index (Phi) is 5.48. The first-order chi connectivity index (χ1) is 11.8. The smallest absolute Gasteiger partial charge is 0.272 e. The monoisotopic (exact) mass is 345 g/mol. The Labute approximate surface area is 144 Å². The van der Waals surface area contributed by atoms with Crippen LogP contribution in [-0.2, 0) is 7.05 Å². The molecule has 132 valence electrons. The maximum Gasteiger partial charge on any atom is 0.272 e. The van der Waals surface area contributed by atoms with Gasteiger partial charge in [-0.05, 0) is 25.5 Å². The van der Waals surface area contributed by atoms with Crippen LogP contribution in [0.5, 0.6) is 0 Å². The number of benzene rings is 1. The van der Waals surface area contributed by atoms with E-state index in [0.717, 1.165) is 6.42 Å². The summed E-state index contributed by atoms with van der Waals surface area (Å²) in [7, 11) is 1.60. The topological polar surface area (TPSA) is 119 Å². The van der Waals surface area contributed by atoms with Gasteiger partial charge in [0, 0.05) is 30.8 Å². The van der Waals surface area contributed by atoms with Gasteiger partial charge < -0.3 is 10.6 Å². The van der Waals surface area contributed by atoms with Crippen molar-refractivity contribution in [2.24, 2.45) is 7.05 Å². The minimum Gasteiger partial charge on any atom is -0.351 e. The number of nitro benzene ring substituents is 1. The molecule has 0 radical (unpaired) electrons. The van der Waals surface area contributed by atoms with E-state index in [4.69, 9.17) is 0 Å². The standard InChI is InChI=1S/C16H19N5O4/c1-4-7-17-16(23)14-12(9-18-20(14)3)19-15(22)11-5-6-13(21(24)25)10(2)8-11/h5-6,8-9H,4,7H2,1-3H3,(H,17,23)(H,19,22). The number of anilines is 1. The fraction of sp³-hybridized carbons (Fsp3) is 0.312. The second-order valence-corrected chi connectivity index (χ2v) is 5.50. The second-order valence-electron chi connectivity index (χ2n) is 5.50. The highest BCUT2D eigenvalue weighted by Crippen LogP contribution is 2.20. The lowest BCUT2D eigenvalue weighted by atomic mass is 10.1. The molecule has 0 aliphatic rings. The van der Waals surface area contributed by atoms with Crippen molar-refractivity contribution in [1.29, 1.82) is 0 Å². The van der Waals surface area contributed by atoms with Crippen LogP contribution in [0.2, 0.25) is 0 Å². The van der Waals surface area contributed by atoms with Crippen molar-refractivity contribution in [3.8, 4) is 0 Å². The number of hydrogen-bond acceptors (Lipinski definition) is 5. The summed E-state index contributed by atoms with van der Waals surface area (Å²) >= 11 is 0. The third-order valence-electron chi connectivity index (χ3n) is 3.59. The van der Waals surface area contributed by atoms with Crippen molar-refractivity contribution in [3.63, 3.8) is 0 Å². The van der Waals surface area contributed by atoms with Gasteiger partial charge in [0.25, 0.3) is 17.5 Å². The average molecular weight is 345 g/mol. The predicted octanol–water partition coefficient (Wildman–Crippen LogP) is 2.03. The van der Waals surface area contributed by atoms with Gasteiger partial charge in [-0.1, -0.05) is 6.92 Å². The third kappa shape index (κ3) is 4.00. The summed E-state index contributed by atoms with van der Waals surface area (Å²) in [6.45, 7) is 4.00. The van der Waals surface area contributed by atoms with E-state index in [-0.39, 0.29) is 28.5 Å². The predicted molar refractivity (Wildman–Crippen MR) is 91.6 cm³/mol. The van der Waals surface area contributed by atoms with E-state index in [1.54, 1.807) is 14.0 Å². The highest BCUT2D eigenvalue weighted by atomic mass is 16.6. The number of nitrogens with zero attached hydrogens (tertiary/aromatic N) is 3. The molecule has 0 unspecified atom stereocenters. The first kappa shape index (κ1) is 18.1. The van der Waals surface area contributed by atoms with Crippen LogP contribution in [-0.4, -0.2) is 33.1 Å². The SMILES string of the molecule is CCCNC(=O)c1c(NC(=O)c2ccc([N+](=O)[O-])c(C)c2)cnn1C. The number of aryl methyl sites for hydroxylation is 2. The van der Waals surface area contributed by atoms with Crippen LogP contribution in [0.1, 0.15) is 39.8 Å². The van der Waals surface area contributed by atoms with Gasteiger partial charge in [0.2, 0.25) is 0 Å². The quantitative estimate of drug-likeness (QED) is 0.613. The van der Waals surface area contributed by atoms with Gasteiger partial charge in [0.05, 0.1) is 16.8 Å². The number of carbonyl (C=O) groups is 2. The van der Waals surface area contributed by atoms with Crippen LogP contribution in [0.15, 0.2) is 24.4 Å². The molecule has 9 nitrogen and oxygen atoms in total. The summed E-state index contributed by atoms with van der Waals surface area (Å²) in [6.07, 6.45) is 2.17. The van der Waals surface area contributed by atoms with Gasteiger partial charge in [-0.15, -0.1) is 0 Å². The summed E-state index contributed by atoms with van der Waals surface area (Å²) < 4.78 is 1.38. The second kappa shape index (κ2) is 7.56. The summed E-state index contributed by atoms with van der Waals surface area (Å²) in [4.78, 5) is 34.9. The number of amides is 2. The van der Waals surface area contributed by atoms with Crippen molar-refractivity contribution < 1.29 is 14.5 Å². The molecule has 0 atom stereocenters. The molecular weight excluding hydrogens is 326 g/mol. The molecule has 0 saturated carbocycles. The number of rotatable bonds is 6. The molecule has 0 saturated heterocycles. The van der Waals surface area contributed by atoms with Gasteiger partial charge in [-0.2, -0.15) is 5.10 Å². The molecule has 1 heterocycles. The van der Waals surface area contributed by atoms with E-state index in [9.17, 15) is 19.7 Å². The van der Waals surface area contributed by atoms with Gasteiger partial charge in [-0.3, -0.25) is 24.4 Å². The zero-order valence-corrected chi connectivity index (χ0v) is 14.2. The molecule has 1 aromatic carbocycles. The maximum absolute atomic E-state index is 12.4. The van der Waals surface area contributed by atoms with Gasteiger partial charge in [0.15, 0.2) is 0 Å². The number of hydrogen-bond donors (Lipinski definition) is 2. The summed E-state index contributed by atoms with van der Waals surface area (Å²) in [5, 5.41) is 20.2. The van der Waals surface area contributed by atoms with Crippen molar-refractivity contribution in [1.82, 2.24) is 15.1 Å². The van der Waals surface area contributed by atoms with Gasteiger partial charge >= 0.3 is 0 Å². The molecule has 0 bridgehead atoms. The fourth-order valence-corrected chi connectivity index (χ4v) is 2.32. The molecule has 0 spiro atoms. The molecule has 0 aliphatic carbocycles. The van der Waals surface area contributed by atoms with Crippen molar-refractivity contribution in [3.05, 3.63) is 51.3 Å². The van der Waals surface area contributed by atoms with E-state index in [0.29, 0.717) is 12.1 Å². The molecular formula is C16H19N5O4. The first-order valence-electron chi connectivity index (χ1n) is 7.71. The van der Waals surface area contributed by atoms with Crippen LogP contribution < -0.4 is 10.6 Å². The molecule has 0 aliphatic heterocycles. The molecule has 1 aromatic heterocycles. The Balaban J connectivity index is 2.23. The number of aromatic nitrogens is 2. The normalized spacial score (nSPS) is 10.4. The zero-order chi connectivity index (χ0) is 18.6. The largest absolute Gasteiger partial charge is 0.351 e. The lowest BCUT2D eigenvalue weighted by molar-refractivity contribution is -0.385. The summed E-state index contributed by atoms with van der Waals surface area (Å²) in [5.74, 6) is -0.812. The first-order valence-corrected chi connectivity index (χ1v) is 7.71. The van der Waals surface area contributed by atoms with Gasteiger partial charge in [-0.25, -0.2) is 0 Å². The van der Waals surface area contributed by atoms with E-state index in [1.165, 1.54) is 29.1 Å². The Morgan fingerprint density at radius 1 is 1.32 bits per heavy atom. The van der Waals surface area contributed by atoms with Crippen molar-refractivity contribution in [2.45, 2.75) is 20.3 Å². The minimum absolute atomic E-state index is 0.0578. The van der Waals surface area contributed by atoms with E-state index >= 15 is 0 Å². The van der Waals surface area contributed by atoms with Crippen LogP contribution in [0, 0.1) is 17.0 Å². The van der Waals surface area contributed by atoms with E-state index in [2.05, 4.69) is 15.7 Å². The van der Waals surface area contributed by atoms with E-state index < -0.39 is 10.8 Å². The molecule has 2 rings (SSSR count). The van der Waals surface area contributed by atoms with Crippen LogP contribution in [0.4, 0.5) is 11.4 Å². The maximum atomic E-state index is 12.4. The van der Waals surface area contributed by atoms with Crippen LogP contribution in [0.25, 0.3) is 0 Å². The summed E-state index contributed by atoms with van der Waals surface area (Å²) in [6, 6.07) is 4.08. The lowest BCUT2D eigenvalue weighted by Gasteiger charge is -2.09. The summed E-state index contributed by atoms with van der Waals surface area (Å²) in [5.41, 5.74) is 1.09. The average Bonchev–Trinajstić information content (AvgIpc) is 2.92. The molecule has 25 heavy (non-hydrogen) atoms. The molecule has 2 amide bonds. The lowest BCUT2D eigenvalue weighted by Crippen LogP contribution is -2.27. The number of nitro groups is 1. The third-order valence-corrected chi connectivity index (χ3v) is 3.59. The minimum atomic E-state index is -0.506. The van der Waals surface area contributed by atoms with Crippen LogP contribution in [0.3, 0.4) is 0 Å². The Bertz CT molecular complexity index is 828. The molecule has 0 fully saturated rings. The van der Waals surface area contributed by atoms with E-state index in [1.807, 2.05) is 6.92 Å². The highest BCUT2D eigenvalue weighted by Gasteiger charge is 2.20. The zero-order valence-electron chi connectivity index (χ0n) is 14.2. The number of carbonyl (C=O) groups excluding carboxylic acids is 2. The fourth-order valence-electron chi connectivity index (χ4n) is 2.32. The Morgan fingerprint density at radius 3 is 2.64 bits per heavy atom. The Hall–Kier alpha value is -3.23. The van der Waals surface area contributed by atoms with Gasteiger partial charge in [0.1, 0.15) is 5.69 Å². The molecule has 2 aromatic rings. The number of nitrogens with one attached hydrogen (secondary N) is 2.